The third kappa shape index (κ3) is 2.90. The topological polar surface area (TPSA) is 60.9 Å². The van der Waals surface area contributed by atoms with E-state index in [-0.39, 0.29) is 5.78 Å². The minimum atomic E-state index is 0.0777. The SMILES string of the molecule is CCc1cc(CC(=O)c2ccc(C)c(N)c2)n(CC)n1. The van der Waals surface area contributed by atoms with Crippen LogP contribution in [0, 0.1) is 6.92 Å². The lowest BCUT2D eigenvalue weighted by Crippen LogP contribution is -2.10. The Kier molecular flexibility index (Phi) is 4.23. The molecule has 0 amide bonds. The molecule has 0 aliphatic carbocycles. The summed E-state index contributed by atoms with van der Waals surface area (Å²) in [5.41, 5.74) is 10.2. The molecule has 106 valence electrons. The van der Waals surface area contributed by atoms with E-state index in [0.717, 1.165) is 29.9 Å². The number of benzene rings is 1. The Morgan fingerprint density at radius 2 is 2.05 bits per heavy atom. The highest BCUT2D eigenvalue weighted by molar-refractivity contribution is 5.98. The number of nitrogens with two attached hydrogens (primary N) is 1. The number of Topliss-reactive ketones (excluding diaryl/α,β-unsaturated/α-hetero) is 1. The van der Waals surface area contributed by atoms with Gasteiger partial charge in [-0.3, -0.25) is 9.48 Å². The smallest absolute Gasteiger partial charge is 0.168 e. The van der Waals surface area contributed by atoms with E-state index in [1.54, 1.807) is 6.07 Å². The Morgan fingerprint density at radius 1 is 1.30 bits per heavy atom. The van der Waals surface area contributed by atoms with E-state index < -0.39 is 0 Å². The molecule has 2 aromatic rings. The van der Waals surface area contributed by atoms with Crippen LogP contribution in [-0.4, -0.2) is 15.6 Å². The van der Waals surface area contributed by atoms with Crippen LogP contribution < -0.4 is 5.73 Å². The van der Waals surface area contributed by atoms with Crippen molar-refractivity contribution in [1.29, 1.82) is 0 Å². The molecule has 0 spiro atoms. The molecule has 0 saturated heterocycles. The highest BCUT2D eigenvalue weighted by Crippen LogP contribution is 2.16. The first-order valence-electron chi connectivity index (χ1n) is 7.00. The first kappa shape index (κ1) is 14.3. The second-order valence-electron chi connectivity index (χ2n) is 4.97. The molecule has 0 atom stereocenters. The Balaban J connectivity index is 2.22. The zero-order valence-electron chi connectivity index (χ0n) is 12.3. The molecule has 1 aromatic carbocycles. The molecule has 0 bridgehead atoms. The van der Waals surface area contributed by atoms with Gasteiger partial charge in [-0.2, -0.15) is 5.10 Å². The van der Waals surface area contributed by atoms with E-state index in [4.69, 9.17) is 5.73 Å². The van der Waals surface area contributed by atoms with E-state index in [0.29, 0.717) is 17.7 Å². The van der Waals surface area contributed by atoms with E-state index in [1.165, 1.54) is 0 Å². The van der Waals surface area contributed by atoms with Crippen molar-refractivity contribution in [2.24, 2.45) is 0 Å². The lowest BCUT2D eigenvalue weighted by atomic mass is 10.0. The number of aryl methyl sites for hydroxylation is 3. The van der Waals surface area contributed by atoms with Crippen LogP contribution >= 0.6 is 0 Å². The second-order valence-corrected chi connectivity index (χ2v) is 4.97. The molecule has 1 aromatic heterocycles. The molecule has 2 rings (SSSR count). The number of rotatable bonds is 5. The van der Waals surface area contributed by atoms with Crippen LogP contribution in [0.25, 0.3) is 0 Å². The molecular weight excluding hydrogens is 250 g/mol. The minimum Gasteiger partial charge on any atom is -0.398 e. The molecule has 0 aliphatic heterocycles. The first-order chi connectivity index (χ1) is 9.55. The van der Waals surface area contributed by atoms with Gasteiger partial charge in [-0.05, 0) is 38.0 Å². The van der Waals surface area contributed by atoms with Crippen molar-refractivity contribution in [2.45, 2.75) is 40.2 Å². The molecule has 0 radical (unpaired) electrons. The number of carbonyl (C=O) groups excluding carboxylic acids is 1. The van der Waals surface area contributed by atoms with Gasteiger partial charge in [0.15, 0.2) is 5.78 Å². The van der Waals surface area contributed by atoms with Gasteiger partial charge in [0.25, 0.3) is 0 Å². The molecule has 4 nitrogen and oxygen atoms in total. The van der Waals surface area contributed by atoms with E-state index >= 15 is 0 Å². The standard InChI is InChI=1S/C16H21N3O/c1-4-13-9-14(19(5-2)18-13)10-16(20)12-7-6-11(3)15(17)8-12/h6-9H,4-5,10,17H2,1-3H3. The Hall–Kier alpha value is -2.10. The lowest BCUT2D eigenvalue weighted by molar-refractivity contribution is 0.0990. The number of hydrogen-bond donors (Lipinski definition) is 1. The third-order valence-corrected chi connectivity index (χ3v) is 3.52. The molecular formula is C16H21N3O. The van der Waals surface area contributed by atoms with Crippen LogP contribution in [0.4, 0.5) is 5.69 Å². The fourth-order valence-electron chi connectivity index (χ4n) is 2.18. The molecule has 0 unspecified atom stereocenters. The number of aromatic nitrogens is 2. The monoisotopic (exact) mass is 271 g/mol. The Labute approximate surface area is 119 Å². The second kappa shape index (κ2) is 5.90. The fraction of sp³-hybridized carbons (Fsp3) is 0.375. The van der Waals surface area contributed by atoms with Gasteiger partial charge >= 0.3 is 0 Å². The Bertz CT molecular complexity index is 629. The van der Waals surface area contributed by atoms with Crippen molar-refractivity contribution < 1.29 is 4.79 Å². The number of anilines is 1. The van der Waals surface area contributed by atoms with Gasteiger partial charge in [-0.1, -0.05) is 19.1 Å². The quantitative estimate of drug-likeness (QED) is 0.672. The maximum atomic E-state index is 12.3. The number of nitrogen functional groups attached to an aromatic ring is 1. The maximum Gasteiger partial charge on any atom is 0.168 e. The molecule has 4 heteroatoms. The normalized spacial score (nSPS) is 10.8. The molecule has 2 N–H and O–H groups in total. The summed E-state index contributed by atoms with van der Waals surface area (Å²) in [6, 6.07) is 7.49. The zero-order chi connectivity index (χ0) is 14.7. The summed E-state index contributed by atoms with van der Waals surface area (Å²) >= 11 is 0. The molecule has 0 saturated carbocycles. The van der Waals surface area contributed by atoms with Crippen LogP contribution in [0.2, 0.25) is 0 Å². The zero-order valence-corrected chi connectivity index (χ0v) is 12.3. The van der Waals surface area contributed by atoms with Crippen LogP contribution in [0.3, 0.4) is 0 Å². The number of ketones is 1. The maximum absolute atomic E-state index is 12.3. The van der Waals surface area contributed by atoms with Gasteiger partial charge in [-0.15, -0.1) is 0 Å². The van der Waals surface area contributed by atoms with Crippen molar-refractivity contribution in [3.63, 3.8) is 0 Å². The third-order valence-electron chi connectivity index (χ3n) is 3.52. The molecule has 0 fully saturated rings. The highest BCUT2D eigenvalue weighted by Gasteiger charge is 2.13. The summed E-state index contributed by atoms with van der Waals surface area (Å²) in [5.74, 6) is 0.0777. The fourth-order valence-corrected chi connectivity index (χ4v) is 2.18. The van der Waals surface area contributed by atoms with Gasteiger partial charge in [0.1, 0.15) is 0 Å². The van der Waals surface area contributed by atoms with Crippen LogP contribution in [0.1, 0.15) is 41.2 Å². The van der Waals surface area contributed by atoms with Gasteiger partial charge in [0.05, 0.1) is 12.1 Å². The van der Waals surface area contributed by atoms with Gasteiger partial charge in [-0.25, -0.2) is 0 Å². The summed E-state index contributed by atoms with van der Waals surface area (Å²) < 4.78 is 1.90. The Morgan fingerprint density at radius 3 is 2.65 bits per heavy atom. The largest absolute Gasteiger partial charge is 0.398 e. The van der Waals surface area contributed by atoms with Crippen molar-refractivity contribution in [2.75, 3.05) is 5.73 Å². The summed E-state index contributed by atoms with van der Waals surface area (Å²) in [6.45, 7) is 6.81. The van der Waals surface area contributed by atoms with Crippen molar-refractivity contribution in [3.8, 4) is 0 Å². The van der Waals surface area contributed by atoms with Gasteiger partial charge in [0, 0.05) is 23.5 Å². The van der Waals surface area contributed by atoms with Crippen LogP contribution in [-0.2, 0) is 19.4 Å². The van der Waals surface area contributed by atoms with Crippen molar-refractivity contribution in [1.82, 2.24) is 9.78 Å². The number of carbonyl (C=O) groups is 1. The average Bonchev–Trinajstić information content (AvgIpc) is 2.84. The molecule has 1 heterocycles. The summed E-state index contributed by atoms with van der Waals surface area (Å²) in [4.78, 5) is 12.3. The van der Waals surface area contributed by atoms with Crippen LogP contribution in [0.5, 0.6) is 0 Å². The summed E-state index contributed by atoms with van der Waals surface area (Å²) in [5, 5.41) is 4.47. The minimum absolute atomic E-state index is 0.0777. The van der Waals surface area contributed by atoms with Gasteiger partial charge in [0.2, 0.25) is 0 Å². The average molecular weight is 271 g/mol. The lowest BCUT2D eigenvalue weighted by Gasteiger charge is -2.06. The van der Waals surface area contributed by atoms with E-state index in [1.807, 2.05) is 36.7 Å². The summed E-state index contributed by atoms with van der Waals surface area (Å²) in [6.07, 6.45) is 1.25. The summed E-state index contributed by atoms with van der Waals surface area (Å²) in [7, 11) is 0. The van der Waals surface area contributed by atoms with E-state index in [9.17, 15) is 4.79 Å². The number of nitrogens with zero attached hydrogens (tertiary/aromatic N) is 2. The van der Waals surface area contributed by atoms with Crippen molar-refractivity contribution >= 4 is 11.5 Å². The molecule has 0 aliphatic rings. The van der Waals surface area contributed by atoms with Crippen LogP contribution in [0.15, 0.2) is 24.3 Å². The van der Waals surface area contributed by atoms with Gasteiger partial charge < -0.3 is 5.73 Å². The highest BCUT2D eigenvalue weighted by atomic mass is 16.1. The predicted octanol–water partition coefficient (Wildman–Crippen LogP) is 2.78. The van der Waals surface area contributed by atoms with E-state index in [2.05, 4.69) is 12.0 Å². The first-order valence-corrected chi connectivity index (χ1v) is 7.00. The number of hydrogen-bond acceptors (Lipinski definition) is 3. The molecule has 20 heavy (non-hydrogen) atoms. The van der Waals surface area contributed by atoms with Crippen molar-refractivity contribution in [3.05, 3.63) is 46.8 Å². The predicted molar refractivity (Wildman–Crippen MR) is 80.9 cm³/mol.